The summed E-state index contributed by atoms with van der Waals surface area (Å²) in [6, 6.07) is 8.68. The van der Waals surface area contributed by atoms with Crippen LogP contribution in [0.25, 0.3) is 0 Å². The lowest BCUT2D eigenvalue weighted by Gasteiger charge is -2.32. The minimum Gasteiger partial charge on any atom is -0.340 e. The zero-order chi connectivity index (χ0) is 25.0. The van der Waals surface area contributed by atoms with E-state index in [2.05, 4.69) is 25.8 Å². The molecule has 1 aliphatic heterocycles. The van der Waals surface area contributed by atoms with Crippen LogP contribution in [0.5, 0.6) is 0 Å². The first-order chi connectivity index (χ1) is 16.5. The molecule has 5 rings (SSSR count). The number of nitrogens with two attached hydrogens (primary N) is 1. The van der Waals surface area contributed by atoms with Crippen LogP contribution in [0.2, 0.25) is 0 Å². The number of para-hydroxylation sites is 1. The normalized spacial score (nSPS) is 20.7. The highest BCUT2D eigenvalue weighted by atomic mass is 35.5. The molecule has 184 valence electrons. The maximum Gasteiger partial charge on any atom is 0.227 e. The monoisotopic (exact) mass is 515 g/mol. The summed E-state index contributed by atoms with van der Waals surface area (Å²) in [6.45, 7) is 3.95. The van der Waals surface area contributed by atoms with Gasteiger partial charge in [-0.05, 0) is 44.9 Å². The second-order valence-corrected chi connectivity index (χ2v) is 11.6. The van der Waals surface area contributed by atoms with Gasteiger partial charge in [-0.3, -0.25) is 10.4 Å². The van der Waals surface area contributed by atoms with Crippen molar-refractivity contribution < 1.29 is 8.42 Å². The summed E-state index contributed by atoms with van der Waals surface area (Å²) in [5.41, 5.74) is 7.91. The molecular formula is C22H26ClN9O2S. The number of benzene rings is 1. The maximum absolute atomic E-state index is 12.3. The number of nitrogens with one attached hydrogen (secondary N) is 2. The van der Waals surface area contributed by atoms with E-state index in [1.807, 2.05) is 24.6 Å². The molecule has 3 heterocycles. The van der Waals surface area contributed by atoms with Crippen molar-refractivity contribution in [3.8, 4) is 0 Å². The van der Waals surface area contributed by atoms with Crippen LogP contribution in [0.1, 0.15) is 44.1 Å². The van der Waals surface area contributed by atoms with Gasteiger partial charge in [-0.25, -0.2) is 13.4 Å². The highest BCUT2D eigenvalue weighted by molar-refractivity contribution is 7.90. The SMILES string of the molecule is CC(C)(c1cc(C2(N)N=CC(Cl)=C(Nc3ccccc3S(C)(=O)=O)N2)n(C2CC2)n1)n1nccn1. The summed E-state index contributed by atoms with van der Waals surface area (Å²) in [6.07, 6.45) is 7.82. The van der Waals surface area contributed by atoms with Crippen molar-refractivity contribution in [2.24, 2.45) is 10.7 Å². The summed E-state index contributed by atoms with van der Waals surface area (Å²) in [7, 11) is -3.48. The lowest BCUT2D eigenvalue weighted by molar-refractivity contribution is 0.329. The summed E-state index contributed by atoms with van der Waals surface area (Å²) in [5, 5.41) is 20.0. The van der Waals surface area contributed by atoms with Crippen molar-refractivity contribution >= 4 is 33.3 Å². The third kappa shape index (κ3) is 4.32. The van der Waals surface area contributed by atoms with Crippen LogP contribution >= 0.6 is 11.6 Å². The smallest absolute Gasteiger partial charge is 0.227 e. The maximum atomic E-state index is 12.3. The van der Waals surface area contributed by atoms with Crippen LogP contribution in [-0.2, 0) is 21.2 Å². The van der Waals surface area contributed by atoms with E-state index in [4.69, 9.17) is 22.4 Å². The highest BCUT2D eigenvalue weighted by Gasteiger charge is 2.41. The minimum absolute atomic E-state index is 0.141. The molecule has 0 saturated heterocycles. The van der Waals surface area contributed by atoms with Crippen molar-refractivity contribution in [1.29, 1.82) is 0 Å². The Bertz CT molecular complexity index is 1440. The average Bonchev–Trinajstić information content (AvgIpc) is 3.29. The number of nitrogens with zero attached hydrogens (tertiary/aromatic N) is 6. The van der Waals surface area contributed by atoms with Crippen molar-refractivity contribution in [2.45, 2.75) is 49.0 Å². The topological polar surface area (TPSA) is 145 Å². The van der Waals surface area contributed by atoms with Gasteiger partial charge >= 0.3 is 0 Å². The number of aromatic nitrogens is 5. The molecule has 4 N–H and O–H groups in total. The largest absolute Gasteiger partial charge is 0.340 e. The van der Waals surface area contributed by atoms with E-state index in [1.54, 1.807) is 35.4 Å². The molecule has 0 radical (unpaired) electrons. The van der Waals surface area contributed by atoms with Crippen LogP contribution in [0.4, 0.5) is 5.69 Å². The van der Waals surface area contributed by atoms with Gasteiger partial charge in [0.1, 0.15) is 17.1 Å². The molecule has 1 aliphatic carbocycles. The van der Waals surface area contributed by atoms with Gasteiger partial charge in [0.15, 0.2) is 9.84 Å². The molecule has 0 bridgehead atoms. The number of anilines is 1. The van der Waals surface area contributed by atoms with Crippen molar-refractivity contribution in [1.82, 2.24) is 30.1 Å². The van der Waals surface area contributed by atoms with E-state index in [-0.39, 0.29) is 16.0 Å². The fraction of sp³-hybridized carbons (Fsp3) is 0.364. The van der Waals surface area contributed by atoms with Gasteiger partial charge in [0.05, 0.1) is 39.7 Å². The van der Waals surface area contributed by atoms with Gasteiger partial charge in [-0.1, -0.05) is 23.7 Å². The van der Waals surface area contributed by atoms with E-state index in [1.165, 1.54) is 12.3 Å². The first-order valence-electron chi connectivity index (χ1n) is 11.0. The Balaban J connectivity index is 1.51. The zero-order valence-electron chi connectivity index (χ0n) is 19.5. The molecule has 3 aromatic rings. The number of aliphatic imine (C=N–C) groups is 1. The molecule has 1 fully saturated rings. The van der Waals surface area contributed by atoms with Crippen LogP contribution in [0, 0.1) is 0 Å². The average molecular weight is 516 g/mol. The predicted molar refractivity (Wildman–Crippen MR) is 132 cm³/mol. The molecule has 0 spiro atoms. The van der Waals surface area contributed by atoms with E-state index < -0.39 is 21.2 Å². The first kappa shape index (κ1) is 23.5. The number of hydrogen-bond acceptors (Lipinski definition) is 9. The molecule has 2 aliphatic rings. The molecule has 13 heteroatoms. The highest BCUT2D eigenvalue weighted by Crippen LogP contribution is 2.40. The summed E-state index contributed by atoms with van der Waals surface area (Å²) in [5.74, 6) is -1.07. The van der Waals surface area contributed by atoms with Gasteiger partial charge in [0.2, 0.25) is 5.79 Å². The molecule has 1 aromatic carbocycles. The van der Waals surface area contributed by atoms with Crippen molar-refractivity contribution in [3.63, 3.8) is 0 Å². The van der Waals surface area contributed by atoms with E-state index in [9.17, 15) is 8.42 Å². The number of hydrogen-bond donors (Lipinski definition) is 3. The fourth-order valence-corrected chi connectivity index (χ4v) is 4.92. The predicted octanol–water partition coefficient (Wildman–Crippen LogP) is 2.26. The third-order valence-electron chi connectivity index (χ3n) is 6.05. The summed E-state index contributed by atoms with van der Waals surface area (Å²) in [4.78, 5) is 6.24. The Morgan fingerprint density at radius 3 is 2.57 bits per heavy atom. The molecular weight excluding hydrogens is 490 g/mol. The number of sulfone groups is 1. The molecule has 1 saturated carbocycles. The Morgan fingerprint density at radius 2 is 1.91 bits per heavy atom. The van der Waals surface area contributed by atoms with Crippen LogP contribution in [-0.4, -0.2) is 45.7 Å². The third-order valence-corrected chi connectivity index (χ3v) is 7.49. The van der Waals surface area contributed by atoms with Gasteiger partial charge in [-0.15, -0.1) is 0 Å². The van der Waals surface area contributed by atoms with Gasteiger partial charge in [0.25, 0.3) is 0 Å². The molecule has 11 nitrogen and oxygen atoms in total. The number of rotatable bonds is 7. The van der Waals surface area contributed by atoms with E-state index >= 15 is 0 Å². The molecule has 35 heavy (non-hydrogen) atoms. The van der Waals surface area contributed by atoms with Gasteiger partial charge in [-0.2, -0.15) is 20.1 Å². The summed E-state index contributed by atoms with van der Waals surface area (Å²) >= 11 is 6.43. The Morgan fingerprint density at radius 1 is 1.23 bits per heavy atom. The Hall–Kier alpha value is -3.22. The van der Waals surface area contributed by atoms with Crippen LogP contribution < -0.4 is 16.4 Å². The van der Waals surface area contributed by atoms with Gasteiger partial charge < -0.3 is 10.6 Å². The molecule has 2 aromatic heterocycles. The lowest BCUT2D eigenvalue weighted by atomic mass is 10.0. The number of allylic oxidation sites excluding steroid dienone is 1. The number of halogens is 1. The van der Waals surface area contributed by atoms with Crippen molar-refractivity contribution in [3.05, 3.63) is 65.0 Å². The Kier molecular flexibility index (Phi) is 5.49. The molecule has 0 amide bonds. The molecule has 1 atom stereocenters. The minimum atomic E-state index is -3.48. The molecule has 1 unspecified atom stereocenters. The summed E-state index contributed by atoms with van der Waals surface area (Å²) < 4.78 is 26.4. The second-order valence-electron chi connectivity index (χ2n) is 9.23. The van der Waals surface area contributed by atoms with Gasteiger partial charge in [0, 0.05) is 12.5 Å². The Labute approximate surface area is 208 Å². The van der Waals surface area contributed by atoms with E-state index in [0.717, 1.165) is 24.8 Å². The van der Waals surface area contributed by atoms with Crippen LogP contribution in [0.3, 0.4) is 0 Å². The van der Waals surface area contributed by atoms with E-state index in [0.29, 0.717) is 17.2 Å². The first-order valence-corrected chi connectivity index (χ1v) is 13.3. The van der Waals surface area contributed by atoms with Crippen LogP contribution in [0.15, 0.2) is 63.5 Å². The standard InChI is InChI=1S/C22H26ClN9O2S/c1-21(2,32-26-10-11-27-32)18-12-19(31(30-18)14-8-9-14)22(24)25-13-15(23)20(29-22)28-16-6-4-5-7-17(16)35(3,33)34/h4-7,10-14,28-29H,8-9,24H2,1-3H3. The second kappa shape index (κ2) is 8.18. The lowest BCUT2D eigenvalue weighted by Crippen LogP contribution is -2.52. The zero-order valence-corrected chi connectivity index (χ0v) is 21.0. The quantitative estimate of drug-likeness (QED) is 0.434. The fourth-order valence-electron chi connectivity index (χ4n) is 3.94. The van der Waals surface area contributed by atoms with Crippen molar-refractivity contribution in [2.75, 3.05) is 11.6 Å².